The van der Waals surface area contributed by atoms with Crippen molar-refractivity contribution in [3.05, 3.63) is 30.7 Å². The molecule has 0 spiro atoms. The molecule has 0 amide bonds. The Morgan fingerprint density at radius 1 is 1.04 bits per heavy atom. The predicted octanol–water partition coefficient (Wildman–Crippen LogP) is 2.16. The number of piperidine rings is 1. The van der Waals surface area contributed by atoms with Crippen molar-refractivity contribution in [1.29, 1.82) is 0 Å². The van der Waals surface area contributed by atoms with Crippen LogP contribution in [0.4, 0.5) is 11.6 Å². The fourth-order valence-electron chi connectivity index (χ4n) is 3.65. The molecule has 0 bridgehead atoms. The van der Waals surface area contributed by atoms with Gasteiger partial charge in [-0.1, -0.05) is 0 Å². The third kappa shape index (κ3) is 3.76. The van der Waals surface area contributed by atoms with Gasteiger partial charge in [0.2, 0.25) is 0 Å². The molecule has 7 nitrogen and oxygen atoms in total. The first kappa shape index (κ1) is 16.3. The molecule has 2 aromatic rings. The van der Waals surface area contributed by atoms with Crippen molar-refractivity contribution in [2.45, 2.75) is 44.3 Å². The van der Waals surface area contributed by atoms with Gasteiger partial charge >= 0.3 is 0 Å². The van der Waals surface area contributed by atoms with Crippen LogP contribution in [-0.2, 0) is 6.54 Å². The minimum Gasteiger partial charge on any atom is -0.451 e. The monoisotopic (exact) mass is 342 g/mol. The summed E-state index contributed by atoms with van der Waals surface area (Å²) >= 11 is 0. The lowest BCUT2D eigenvalue weighted by Gasteiger charge is -2.39. The van der Waals surface area contributed by atoms with Crippen LogP contribution in [0.15, 0.2) is 29.5 Å². The van der Waals surface area contributed by atoms with Crippen LogP contribution in [-0.4, -0.2) is 59.1 Å². The molecule has 0 radical (unpaired) electrons. The van der Waals surface area contributed by atoms with Gasteiger partial charge in [-0.2, -0.15) is 0 Å². The lowest BCUT2D eigenvalue weighted by Crippen LogP contribution is -2.46. The molecular formula is C18H26N6O. The Labute approximate surface area is 148 Å². The van der Waals surface area contributed by atoms with Gasteiger partial charge in [-0.3, -0.25) is 4.90 Å². The average molecular weight is 342 g/mol. The van der Waals surface area contributed by atoms with Gasteiger partial charge in [0.05, 0.1) is 5.69 Å². The summed E-state index contributed by atoms with van der Waals surface area (Å²) in [6.07, 6.45) is 9.83. The van der Waals surface area contributed by atoms with E-state index in [0.29, 0.717) is 12.1 Å². The van der Waals surface area contributed by atoms with E-state index in [1.165, 1.54) is 19.2 Å². The number of rotatable bonds is 6. The molecule has 2 aliphatic rings. The Morgan fingerprint density at radius 3 is 2.40 bits per heavy atom. The molecule has 1 saturated carbocycles. The van der Waals surface area contributed by atoms with E-state index >= 15 is 0 Å². The number of likely N-dealkylation sites (tertiary alicyclic amines) is 1. The van der Waals surface area contributed by atoms with E-state index in [9.17, 15) is 0 Å². The first-order chi connectivity index (χ1) is 12.2. The highest BCUT2D eigenvalue weighted by molar-refractivity contribution is 5.51. The van der Waals surface area contributed by atoms with Crippen LogP contribution in [0.25, 0.3) is 0 Å². The maximum absolute atomic E-state index is 5.08. The zero-order valence-corrected chi connectivity index (χ0v) is 15.0. The quantitative estimate of drug-likeness (QED) is 0.797. The number of anilines is 2. The van der Waals surface area contributed by atoms with Gasteiger partial charge in [0.25, 0.3) is 0 Å². The third-order valence-electron chi connectivity index (χ3n) is 5.12. The van der Waals surface area contributed by atoms with Gasteiger partial charge in [0.15, 0.2) is 6.39 Å². The van der Waals surface area contributed by atoms with E-state index in [-0.39, 0.29) is 0 Å². The molecule has 0 aromatic carbocycles. The second-order valence-electron chi connectivity index (χ2n) is 7.25. The van der Waals surface area contributed by atoms with E-state index in [2.05, 4.69) is 30.8 Å². The number of hydrogen-bond acceptors (Lipinski definition) is 7. The lowest BCUT2D eigenvalue weighted by molar-refractivity contribution is 0.198. The van der Waals surface area contributed by atoms with Crippen LogP contribution < -0.4 is 9.80 Å². The molecule has 134 valence electrons. The largest absolute Gasteiger partial charge is 0.451 e. The van der Waals surface area contributed by atoms with Gasteiger partial charge in [0.1, 0.15) is 24.2 Å². The van der Waals surface area contributed by atoms with Crippen LogP contribution in [0.5, 0.6) is 0 Å². The topological polar surface area (TPSA) is 61.5 Å². The van der Waals surface area contributed by atoms with Gasteiger partial charge < -0.3 is 14.2 Å². The van der Waals surface area contributed by atoms with Crippen LogP contribution in [0.1, 0.15) is 31.4 Å². The van der Waals surface area contributed by atoms with E-state index in [0.717, 1.165) is 49.8 Å². The second kappa shape index (κ2) is 7.00. The van der Waals surface area contributed by atoms with E-state index in [4.69, 9.17) is 4.42 Å². The summed E-state index contributed by atoms with van der Waals surface area (Å²) in [7, 11) is 4.05. The highest BCUT2D eigenvalue weighted by atomic mass is 16.3. The predicted molar refractivity (Wildman–Crippen MR) is 96.7 cm³/mol. The van der Waals surface area contributed by atoms with Crippen molar-refractivity contribution in [1.82, 2.24) is 19.9 Å². The van der Waals surface area contributed by atoms with Gasteiger partial charge in [0, 0.05) is 51.9 Å². The summed E-state index contributed by atoms with van der Waals surface area (Å²) < 4.78 is 5.08. The first-order valence-electron chi connectivity index (χ1n) is 9.08. The fraction of sp³-hybridized carbons (Fsp3) is 0.611. The number of nitrogens with zero attached hydrogens (tertiary/aromatic N) is 6. The number of aromatic nitrogens is 3. The Balaban J connectivity index is 1.43. The Bertz CT molecular complexity index is 677. The molecule has 1 aliphatic carbocycles. The van der Waals surface area contributed by atoms with Crippen molar-refractivity contribution < 1.29 is 4.42 Å². The van der Waals surface area contributed by atoms with Crippen molar-refractivity contribution in [2.24, 2.45) is 0 Å². The standard InChI is InChI=1S/C18H26N6O/c1-22(2)17-9-18(20-12-19-17)24(15-3-4-15)16-5-7-23(8-6-16)10-14-11-25-13-21-14/h9,11-13,15-16H,3-8,10H2,1-2H3. The molecule has 7 heteroatoms. The summed E-state index contributed by atoms with van der Waals surface area (Å²) in [6.45, 7) is 3.06. The van der Waals surface area contributed by atoms with Gasteiger partial charge in [-0.05, 0) is 25.7 Å². The lowest BCUT2D eigenvalue weighted by atomic mass is 10.0. The molecule has 1 aliphatic heterocycles. The maximum atomic E-state index is 5.08. The highest BCUT2D eigenvalue weighted by Crippen LogP contribution is 2.36. The van der Waals surface area contributed by atoms with E-state index in [1.807, 2.05) is 19.0 Å². The summed E-state index contributed by atoms with van der Waals surface area (Å²) in [5.41, 5.74) is 1.02. The summed E-state index contributed by atoms with van der Waals surface area (Å²) in [4.78, 5) is 20.2. The Hall–Kier alpha value is -2.15. The zero-order valence-electron chi connectivity index (χ0n) is 15.0. The minimum atomic E-state index is 0.561. The third-order valence-corrected chi connectivity index (χ3v) is 5.12. The molecule has 0 N–H and O–H groups in total. The van der Waals surface area contributed by atoms with E-state index < -0.39 is 0 Å². The average Bonchev–Trinajstić information content (AvgIpc) is 3.32. The maximum Gasteiger partial charge on any atom is 0.180 e. The summed E-state index contributed by atoms with van der Waals surface area (Å²) in [5.74, 6) is 2.05. The molecular weight excluding hydrogens is 316 g/mol. The fourth-order valence-corrected chi connectivity index (χ4v) is 3.65. The molecule has 3 heterocycles. The van der Waals surface area contributed by atoms with E-state index in [1.54, 1.807) is 12.6 Å². The van der Waals surface area contributed by atoms with Crippen molar-refractivity contribution in [2.75, 3.05) is 37.0 Å². The zero-order chi connectivity index (χ0) is 17.2. The second-order valence-corrected chi connectivity index (χ2v) is 7.25. The van der Waals surface area contributed by atoms with Crippen LogP contribution in [0, 0.1) is 0 Å². The molecule has 2 fully saturated rings. The van der Waals surface area contributed by atoms with Crippen LogP contribution in [0.2, 0.25) is 0 Å². The number of hydrogen-bond donors (Lipinski definition) is 0. The molecule has 2 aromatic heterocycles. The van der Waals surface area contributed by atoms with Crippen molar-refractivity contribution in [3.8, 4) is 0 Å². The molecule has 25 heavy (non-hydrogen) atoms. The molecule has 0 unspecified atom stereocenters. The molecule has 1 saturated heterocycles. The van der Waals surface area contributed by atoms with Crippen molar-refractivity contribution in [3.63, 3.8) is 0 Å². The van der Waals surface area contributed by atoms with Gasteiger partial charge in [-0.15, -0.1) is 0 Å². The van der Waals surface area contributed by atoms with Crippen LogP contribution >= 0.6 is 0 Å². The Kier molecular flexibility index (Phi) is 4.57. The normalized spacial score (nSPS) is 19.1. The highest BCUT2D eigenvalue weighted by Gasteiger charge is 2.36. The number of oxazole rings is 1. The Morgan fingerprint density at radius 2 is 1.76 bits per heavy atom. The minimum absolute atomic E-state index is 0.561. The molecule has 0 atom stereocenters. The smallest absolute Gasteiger partial charge is 0.180 e. The SMILES string of the molecule is CN(C)c1cc(N(C2CC2)C2CCN(Cc3cocn3)CC2)ncn1. The molecule has 4 rings (SSSR count). The van der Waals surface area contributed by atoms with Gasteiger partial charge in [-0.25, -0.2) is 15.0 Å². The first-order valence-corrected chi connectivity index (χ1v) is 9.08. The summed E-state index contributed by atoms with van der Waals surface area (Å²) in [5, 5.41) is 0. The van der Waals surface area contributed by atoms with Crippen LogP contribution in [0.3, 0.4) is 0 Å². The van der Waals surface area contributed by atoms with Crippen molar-refractivity contribution >= 4 is 11.6 Å². The summed E-state index contributed by atoms with van der Waals surface area (Å²) in [6, 6.07) is 3.34.